The fourth-order valence-electron chi connectivity index (χ4n) is 3.91. The molecule has 2 aliphatic rings. The third kappa shape index (κ3) is 2.02. The molecule has 1 aromatic carbocycles. The van der Waals surface area contributed by atoms with E-state index in [2.05, 4.69) is 27.4 Å². The average Bonchev–Trinajstić information content (AvgIpc) is 3.14. The third-order valence-corrected chi connectivity index (χ3v) is 5.57. The van der Waals surface area contributed by atoms with Gasteiger partial charge in [0.05, 0.1) is 11.1 Å². The molecule has 1 spiro atoms. The zero-order valence-corrected chi connectivity index (χ0v) is 14.4. The Morgan fingerprint density at radius 3 is 2.88 bits per heavy atom. The molecular weight excluding hydrogens is 312 g/mol. The molecule has 2 N–H and O–H groups in total. The maximum absolute atomic E-state index is 12.4. The Kier molecular flexibility index (Phi) is 2.82. The lowest BCUT2D eigenvalue weighted by Gasteiger charge is -2.11. The van der Waals surface area contributed by atoms with Crippen molar-refractivity contribution in [1.29, 1.82) is 0 Å². The van der Waals surface area contributed by atoms with Crippen molar-refractivity contribution in [2.24, 2.45) is 0 Å². The maximum atomic E-state index is 12.4. The highest BCUT2D eigenvalue weighted by Crippen LogP contribution is 2.54. The van der Waals surface area contributed by atoms with Crippen molar-refractivity contribution in [3.8, 4) is 11.1 Å². The van der Waals surface area contributed by atoms with Crippen LogP contribution in [0.5, 0.6) is 0 Å². The molecular formula is C20H20N4O. The Labute approximate surface area is 146 Å². The number of carbonyl (C=O) groups excluding carboxylic acids is 1. The first-order valence-electron chi connectivity index (χ1n) is 8.66. The summed E-state index contributed by atoms with van der Waals surface area (Å²) in [4.78, 5) is 22.0. The Morgan fingerprint density at radius 1 is 1.28 bits per heavy atom. The van der Waals surface area contributed by atoms with E-state index in [0.29, 0.717) is 11.0 Å². The number of fused-ring (bicyclic) bond motifs is 3. The molecule has 1 aliphatic heterocycles. The number of nitrogens with one attached hydrogen (secondary N) is 2. The summed E-state index contributed by atoms with van der Waals surface area (Å²) in [6, 6.07) is 8.15. The van der Waals surface area contributed by atoms with Gasteiger partial charge in [0.2, 0.25) is 0 Å². The van der Waals surface area contributed by atoms with Gasteiger partial charge in [-0.05, 0) is 25.0 Å². The standard InChI is InChI=1S/C20H20N4O/c1-24(2)19(25)14-5-3-4-13-15(10-21-17(13)14)12-8-16-18(22-9-12)23-11-20(16)6-7-20/h3-5,8-10,21H,6-7,11H2,1-2H3,(H,22,23). The Hall–Kier alpha value is -2.82. The second-order valence-electron chi connectivity index (χ2n) is 7.38. The number of aromatic amines is 1. The van der Waals surface area contributed by atoms with Gasteiger partial charge in [0.25, 0.3) is 5.91 Å². The van der Waals surface area contributed by atoms with Gasteiger partial charge < -0.3 is 15.2 Å². The van der Waals surface area contributed by atoms with E-state index in [1.54, 1.807) is 19.0 Å². The van der Waals surface area contributed by atoms with Gasteiger partial charge in [-0.25, -0.2) is 4.98 Å². The zero-order chi connectivity index (χ0) is 17.2. The van der Waals surface area contributed by atoms with E-state index in [4.69, 9.17) is 0 Å². The molecule has 1 saturated carbocycles. The van der Waals surface area contributed by atoms with Gasteiger partial charge in [-0.2, -0.15) is 0 Å². The van der Waals surface area contributed by atoms with Gasteiger partial charge in [0.15, 0.2) is 0 Å². The van der Waals surface area contributed by atoms with Crippen LogP contribution in [0.1, 0.15) is 28.8 Å². The van der Waals surface area contributed by atoms with Gasteiger partial charge in [0, 0.05) is 60.5 Å². The van der Waals surface area contributed by atoms with Crippen molar-refractivity contribution in [2.75, 3.05) is 26.0 Å². The number of H-pyrrole nitrogens is 1. The van der Waals surface area contributed by atoms with Crippen LogP contribution in [0.3, 0.4) is 0 Å². The summed E-state index contributed by atoms with van der Waals surface area (Å²) in [6.07, 6.45) is 6.40. The van der Waals surface area contributed by atoms with Gasteiger partial charge in [-0.1, -0.05) is 12.1 Å². The van der Waals surface area contributed by atoms with Crippen LogP contribution in [0.15, 0.2) is 36.7 Å². The van der Waals surface area contributed by atoms with Crippen LogP contribution < -0.4 is 5.32 Å². The Bertz CT molecular complexity index is 1010. The van der Waals surface area contributed by atoms with Gasteiger partial charge in [-0.3, -0.25) is 4.79 Å². The van der Waals surface area contributed by atoms with Crippen LogP contribution in [0.25, 0.3) is 22.0 Å². The molecule has 25 heavy (non-hydrogen) atoms. The molecule has 0 unspecified atom stereocenters. The smallest absolute Gasteiger partial charge is 0.255 e. The van der Waals surface area contributed by atoms with Crippen molar-refractivity contribution >= 4 is 22.6 Å². The molecule has 3 heterocycles. The number of rotatable bonds is 2. The van der Waals surface area contributed by atoms with Crippen LogP contribution >= 0.6 is 0 Å². The monoisotopic (exact) mass is 332 g/mol. The lowest BCUT2D eigenvalue weighted by Crippen LogP contribution is -2.21. The fraction of sp³-hybridized carbons (Fsp3) is 0.300. The summed E-state index contributed by atoms with van der Waals surface area (Å²) < 4.78 is 0. The molecule has 2 aromatic heterocycles. The first-order valence-corrected chi connectivity index (χ1v) is 8.66. The van der Waals surface area contributed by atoms with E-state index < -0.39 is 0 Å². The second-order valence-corrected chi connectivity index (χ2v) is 7.38. The summed E-state index contributed by atoms with van der Waals surface area (Å²) in [5, 5.41) is 4.49. The van der Waals surface area contributed by atoms with Crippen molar-refractivity contribution in [3.63, 3.8) is 0 Å². The predicted octanol–water partition coefficient (Wildman–Crippen LogP) is 3.39. The molecule has 1 aliphatic carbocycles. The van der Waals surface area contributed by atoms with Crippen LogP contribution in [0.4, 0.5) is 5.82 Å². The lowest BCUT2D eigenvalue weighted by atomic mass is 9.96. The molecule has 5 nitrogen and oxygen atoms in total. The fourth-order valence-corrected chi connectivity index (χ4v) is 3.91. The molecule has 1 amide bonds. The molecule has 5 rings (SSSR count). The van der Waals surface area contributed by atoms with Crippen molar-refractivity contribution in [1.82, 2.24) is 14.9 Å². The first kappa shape index (κ1) is 14.5. The van der Waals surface area contributed by atoms with Gasteiger partial charge in [0.1, 0.15) is 5.82 Å². The molecule has 1 fully saturated rings. The van der Waals surface area contributed by atoms with Gasteiger partial charge in [-0.15, -0.1) is 0 Å². The summed E-state index contributed by atoms with van der Waals surface area (Å²) >= 11 is 0. The average molecular weight is 332 g/mol. The van der Waals surface area contributed by atoms with Crippen molar-refractivity contribution in [2.45, 2.75) is 18.3 Å². The number of pyridine rings is 1. The number of amides is 1. The predicted molar refractivity (Wildman–Crippen MR) is 98.9 cm³/mol. The molecule has 0 bridgehead atoms. The Morgan fingerprint density at radius 2 is 2.12 bits per heavy atom. The molecule has 5 heteroatoms. The number of benzene rings is 1. The minimum Gasteiger partial charge on any atom is -0.369 e. The van der Waals surface area contributed by atoms with E-state index in [9.17, 15) is 4.79 Å². The number of para-hydroxylation sites is 1. The highest BCUT2D eigenvalue weighted by atomic mass is 16.2. The van der Waals surface area contributed by atoms with Crippen molar-refractivity contribution in [3.05, 3.63) is 47.8 Å². The van der Waals surface area contributed by atoms with Crippen LogP contribution in [-0.4, -0.2) is 41.4 Å². The number of anilines is 1. The second kappa shape index (κ2) is 4.85. The lowest BCUT2D eigenvalue weighted by molar-refractivity contribution is 0.0829. The molecule has 126 valence electrons. The van der Waals surface area contributed by atoms with E-state index in [1.165, 1.54) is 18.4 Å². The zero-order valence-electron chi connectivity index (χ0n) is 14.4. The van der Waals surface area contributed by atoms with E-state index in [1.807, 2.05) is 24.5 Å². The summed E-state index contributed by atoms with van der Waals surface area (Å²) in [6.45, 7) is 1.01. The highest BCUT2D eigenvalue weighted by Gasteiger charge is 2.49. The number of nitrogens with zero attached hydrogens (tertiary/aromatic N) is 2. The molecule has 0 saturated heterocycles. The molecule has 3 aromatic rings. The van der Waals surface area contributed by atoms with Crippen LogP contribution in [-0.2, 0) is 5.41 Å². The highest BCUT2D eigenvalue weighted by molar-refractivity contribution is 6.09. The van der Waals surface area contributed by atoms with E-state index in [0.717, 1.165) is 34.4 Å². The van der Waals surface area contributed by atoms with E-state index >= 15 is 0 Å². The summed E-state index contributed by atoms with van der Waals surface area (Å²) in [7, 11) is 3.55. The van der Waals surface area contributed by atoms with Gasteiger partial charge >= 0.3 is 0 Å². The summed E-state index contributed by atoms with van der Waals surface area (Å²) in [5.74, 6) is 1.04. The number of hydrogen-bond donors (Lipinski definition) is 2. The molecule has 0 radical (unpaired) electrons. The number of aromatic nitrogens is 2. The maximum Gasteiger partial charge on any atom is 0.255 e. The number of hydrogen-bond acceptors (Lipinski definition) is 3. The topological polar surface area (TPSA) is 61.0 Å². The van der Waals surface area contributed by atoms with Crippen LogP contribution in [0.2, 0.25) is 0 Å². The SMILES string of the molecule is CN(C)C(=O)c1cccc2c(-c3cnc4c(c3)C3(CC3)CN4)c[nH]c12. The van der Waals surface area contributed by atoms with Crippen LogP contribution in [0, 0.1) is 0 Å². The van der Waals surface area contributed by atoms with E-state index in [-0.39, 0.29) is 5.91 Å². The normalized spacial score (nSPS) is 16.7. The Balaban J connectivity index is 1.65. The molecule has 0 atom stereocenters. The quantitative estimate of drug-likeness (QED) is 0.756. The van der Waals surface area contributed by atoms with Crippen molar-refractivity contribution < 1.29 is 4.79 Å². The first-order chi connectivity index (χ1) is 12.1. The third-order valence-electron chi connectivity index (χ3n) is 5.57. The minimum absolute atomic E-state index is 0.00668. The summed E-state index contributed by atoms with van der Waals surface area (Å²) in [5.41, 5.74) is 5.45. The largest absolute Gasteiger partial charge is 0.369 e. The number of carbonyl (C=O) groups is 1. The minimum atomic E-state index is 0.00668.